The summed E-state index contributed by atoms with van der Waals surface area (Å²) < 4.78 is 0.748. The van der Waals surface area contributed by atoms with Crippen LogP contribution in [0.5, 0.6) is 0 Å². The molecule has 0 unspecified atom stereocenters. The minimum Gasteiger partial charge on any atom is -0.619 e. The number of hydrogen-bond donors (Lipinski definition) is 1. The van der Waals surface area contributed by atoms with Crippen LogP contribution in [0.1, 0.15) is 0 Å². The Bertz CT molecular complexity index is 355. The van der Waals surface area contributed by atoms with Crippen molar-refractivity contribution in [2.75, 3.05) is 0 Å². The van der Waals surface area contributed by atoms with E-state index < -0.39 is 0 Å². The minimum atomic E-state index is 0.748. The van der Waals surface area contributed by atoms with Gasteiger partial charge in [0, 0.05) is 12.3 Å². The van der Waals surface area contributed by atoms with Crippen LogP contribution < -0.4 is 4.73 Å². The maximum Gasteiger partial charge on any atom is 0.191 e. The van der Waals surface area contributed by atoms with Gasteiger partial charge in [0.2, 0.25) is 0 Å². The largest absolute Gasteiger partial charge is 0.619 e. The highest BCUT2D eigenvalue weighted by molar-refractivity contribution is 5.75. The van der Waals surface area contributed by atoms with E-state index in [0.29, 0.717) is 0 Å². The van der Waals surface area contributed by atoms with Crippen molar-refractivity contribution in [2.45, 2.75) is 0 Å². The molecule has 0 spiro atoms. The van der Waals surface area contributed by atoms with Gasteiger partial charge in [0.1, 0.15) is 5.52 Å². The summed E-state index contributed by atoms with van der Waals surface area (Å²) in [6.07, 6.45) is 4.58. The van der Waals surface area contributed by atoms with Crippen LogP contribution in [0.4, 0.5) is 0 Å². The van der Waals surface area contributed by atoms with Gasteiger partial charge in [0.25, 0.3) is 0 Å². The number of pyridine rings is 1. The molecule has 0 saturated heterocycles. The molecule has 0 radical (unpaired) electrons. The number of aromatic nitrogens is 3. The summed E-state index contributed by atoms with van der Waals surface area (Å²) in [5.74, 6) is 0. The first kappa shape index (κ1) is 5.22. The predicted molar refractivity (Wildman–Crippen MR) is 35.1 cm³/mol. The van der Waals surface area contributed by atoms with Crippen molar-refractivity contribution in [1.29, 1.82) is 0 Å². The van der Waals surface area contributed by atoms with E-state index in [2.05, 4.69) is 10.2 Å². The molecule has 2 aromatic rings. The molecule has 2 rings (SSSR count). The second-order valence-corrected chi connectivity index (χ2v) is 2.03. The highest BCUT2D eigenvalue weighted by Gasteiger charge is 1.97. The Morgan fingerprint density at radius 2 is 2.50 bits per heavy atom. The van der Waals surface area contributed by atoms with Gasteiger partial charge < -0.3 is 5.21 Å². The molecule has 0 aliphatic rings. The highest BCUT2D eigenvalue weighted by Crippen LogP contribution is 2.04. The Hall–Kier alpha value is -1.58. The first-order chi connectivity index (χ1) is 4.86. The van der Waals surface area contributed by atoms with Crippen LogP contribution in [0.15, 0.2) is 24.7 Å². The summed E-state index contributed by atoms with van der Waals surface area (Å²) in [5.41, 5.74) is 0.812. The first-order valence-electron chi connectivity index (χ1n) is 2.88. The van der Waals surface area contributed by atoms with Crippen molar-refractivity contribution < 1.29 is 4.73 Å². The maximum absolute atomic E-state index is 10.7. The van der Waals surface area contributed by atoms with Crippen molar-refractivity contribution in [3.63, 3.8) is 0 Å². The fourth-order valence-corrected chi connectivity index (χ4v) is 0.871. The number of nitrogens with zero attached hydrogens (tertiary/aromatic N) is 2. The number of aromatic amines is 1. The second kappa shape index (κ2) is 1.70. The van der Waals surface area contributed by atoms with Crippen molar-refractivity contribution in [3.05, 3.63) is 29.9 Å². The van der Waals surface area contributed by atoms with E-state index in [9.17, 15) is 5.21 Å². The predicted octanol–water partition coefficient (Wildman–Crippen LogP) is 0.196. The molecule has 50 valence electrons. The topological polar surface area (TPSA) is 55.6 Å². The molecular weight excluding hydrogens is 130 g/mol. The zero-order valence-corrected chi connectivity index (χ0v) is 5.11. The average molecular weight is 135 g/mol. The molecule has 0 amide bonds. The van der Waals surface area contributed by atoms with E-state index in [1.54, 1.807) is 12.3 Å². The second-order valence-electron chi connectivity index (χ2n) is 2.03. The van der Waals surface area contributed by atoms with Gasteiger partial charge in [0.15, 0.2) is 12.4 Å². The minimum absolute atomic E-state index is 0.748. The number of fused-ring (bicyclic) bond motifs is 1. The van der Waals surface area contributed by atoms with E-state index in [1.807, 2.05) is 0 Å². The molecule has 2 heterocycles. The Kier molecular flexibility index (Phi) is 0.887. The van der Waals surface area contributed by atoms with Crippen molar-refractivity contribution in [1.82, 2.24) is 10.2 Å². The van der Waals surface area contributed by atoms with Crippen LogP contribution in [-0.2, 0) is 0 Å². The van der Waals surface area contributed by atoms with Crippen LogP contribution in [0.25, 0.3) is 10.9 Å². The summed E-state index contributed by atoms with van der Waals surface area (Å²) in [7, 11) is 0. The zero-order chi connectivity index (χ0) is 6.97. The third-order valence-corrected chi connectivity index (χ3v) is 1.35. The Morgan fingerprint density at radius 1 is 1.60 bits per heavy atom. The van der Waals surface area contributed by atoms with E-state index in [4.69, 9.17) is 0 Å². The number of hydrogen-bond acceptors (Lipinski definition) is 2. The van der Waals surface area contributed by atoms with E-state index in [1.165, 1.54) is 12.4 Å². The fraction of sp³-hybridized carbons (Fsp3) is 0. The summed E-state index contributed by atoms with van der Waals surface area (Å²) >= 11 is 0. The summed E-state index contributed by atoms with van der Waals surface area (Å²) in [5, 5.41) is 18.0. The zero-order valence-electron chi connectivity index (χ0n) is 5.11. The van der Waals surface area contributed by atoms with Gasteiger partial charge in [-0.15, -0.1) is 0 Å². The van der Waals surface area contributed by atoms with Crippen molar-refractivity contribution in [2.24, 2.45) is 0 Å². The maximum atomic E-state index is 10.7. The van der Waals surface area contributed by atoms with Crippen LogP contribution in [0.2, 0.25) is 0 Å². The molecule has 0 aliphatic heterocycles. The molecule has 0 atom stereocenters. The van der Waals surface area contributed by atoms with Crippen molar-refractivity contribution in [3.8, 4) is 0 Å². The van der Waals surface area contributed by atoms with Gasteiger partial charge in [-0.05, 0) is 0 Å². The van der Waals surface area contributed by atoms with Crippen LogP contribution >= 0.6 is 0 Å². The molecule has 0 aliphatic carbocycles. The third kappa shape index (κ3) is 0.621. The van der Waals surface area contributed by atoms with Gasteiger partial charge >= 0.3 is 0 Å². The lowest BCUT2D eigenvalue weighted by Gasteiger charge is -1.91. The molecule has 4 nitrogen and oxygen atoms in total. The lowest BCUT2D eigenvalue weighted by molar-refractivity contribution is -0.603. The number of rotatable bonds is 0. The number of nitrogens with one attached hydrogen (secondary N) is 1. The quantitative estimate of drug-likeness (QED) is 0.414. The van der Waals surface area contributed by atoms with Crippen LogP contribution in [-0.4, -0.2) is 10.2 Å². The molecular formula is C6H5N3O. The molecule has 1 N–H and O–H groups in total. The SMILES string of the molecule is [O-][n+]1ccc2n[nH]cc2c1. The summed E-state index contributed by atoms with van der Waals surface area (Å²) in [6, 6.07) is 1.67. The highest BCUT2D eigenvalue weighted by atomic mass is 16.5. The monoisotopic (exact) mass is 135 g/mol. The van der Waals surface area contributed by atoms with Crippen LogP contribution in [0.3, 0.4) is 0 Å². The smallest absolute Gasteiger partial charge is 0.191 e. The molecule has 0 saturated carbocycles. The van der Waals surface area contributed by atoms with Crippen LogP contribution in [0, 0.1) is 5.21 Å². The molecule has 0 aromatic carbocycles. The summed E-state index contributed by atoms with van der Waals surface area (Å²) in [4.78, 5) is 0. The Balaban J connectivity index is 2.86. The van der Waals surface area contributed by atoms with Gasteiger partial charge in [-0.1, -0.05) is 0 Å². The Labute approximate surface area is 56.7 Å². The Morgan fingerprint density at radius 3 is 3.40 bits per heavy atom. The van der Waals surface area contributed by atoms with Gasteiger partial charge in [-0.25, -0.2) is 0 Å². The van der Waals surface area contributed by atoms with Gasteiger partial charge in [0.05, 0.1) is 5.39 Å². The molecule has 0 fully saturated rings. The molecule has 2 aromatic heterocycles. The molecule has 10 heavy (non-hydrogen) atoms. The molecule has 0 bridgehead atoms. The van der Waals surface area contributed by atoms with Gasteiger partial charge in [-0.3, -0.25) is 5.10 Å². The van der Waals surface area contributed by atoms with Crippen molar-refractivity contribution >= 4 is 10.9 Å². The average Bonchev–Trinajstić information content (AvgIpc) is 2.33. The van der Waals surface area contributed by atoms with Gasteiger partial charge in [-0.2, -0.15) is 9.83 Å². The van der Waals surface area contributed by atoms with E-state index in [0.717, 1.165) is 15.6 Å². The van der Waals surface area contributed by atoms with E-state index in [-0.39, 0.29) is 0 Å². The lowest BCUT2D eigenvalue weighted by atomic mass is 10.3. The first-order valence-corrected chi connectivity index (χ1v) is 2.88. The fourth-order valence-electron chi connectivity index (χ4n) is 0.871. The lowest BCUT2D eigenvalue weighted by Crippen LogP contribution is -2.23. The normalized spacial score (nSPS) is 10.4. The standard InChI is InChI=1S/C6H5N3O/c10-9-2-1-6-5(4-9)3-7-8-6/h1-4H,(H,7,8). The summed E-state index contributed by atoms with van der Waals surface area (Å²) in [6.45, 7) is 0. The van der Waals surface area contributed by atoms with E-state index >= 15 is 0 Å². The number of H-pyrrole nitrogens is 1. The third-order valence-electron chi connectivity index (χ3n) is 1.35. The molecule has 4 heteroatoms.